The molecule has 0 bridgehead atoms. The van der Waals surface area contributed by atoms with Gasteiger partial charge in [-0.1, -0.05) is 19.3 Å². The van der Waals surface area contributed by atoms with Gasteiger partial charge in [-0.25, -0.2) is 0 Å². The molecular weight excluding hydrogens is 172 g/mol. The van der Waals surface area contributed by atoms with Crippen LogP contribution in [0.3, 0.4) is 0 Å². The molecule has 1 heterocycles. The van der Waals surface area contributed by atoms with Crippen LogP contribution in [-0.4, -0.2) is 23.8 Å². The van der Waals surface area contributed by atoms with E-state index in [0.29, 0.717) is 5.92 Å². The molecule has 0 radical (unpaired) electrons. The fraction of sp³-hybridized carbons (Fsp3) is 0.917. The molecule has 0 aromatic rings. The lowest BCUT2D eigenvalue weighted by molar-refractivity contribution is 0.306. The first-order valence-electron chi connectivity index (χ1n) is 6.21. The SMILES string of the molecule is N=C(C1CCCCC1)N1CCCCC1. The third-order valence-electron chi connectivity index (χ3n) is 3.69. The molecule has 1 saturated heterocycles. The average Bonchev–Trinajstić information content (AvgIpc) is 2.30. The van der Waals surface area contributed by atoms with Crippen molar-refractivity contribution < 1.29 is 0 Å². The van der Waals surface area contributed by atoms with Crippen LogP contribution in [0.5, 0.6) is 0 Å². The minimum Gasteiger partial charge on any atom is -0.360 e. The molecule has 1 aliphatic heterocycles. The molecule has 0 spiro atoms. The summed E-state index contributed by atoms with van der Waals surface area (Å²) < 4.78 is 0. The van der Waals surface area contributed by atoms with Crippen LogP contribution in [0.1, 0.15) is 51.4 Å². The van der Waals surface area contributed by atoms with E-state index in [0.717, 1.165) is 18.9 Å². The molecule has 0 amide bonds. The molecule has 2 fully saturated rings. The standard InChI is InChI=1S/C12H22N2/c13-12(11-7-3-1-4-8-11)14-9-5-2-6-10-14/h11,13H,1-10H2. The van der Waals surface area contributed by atoms with Crippen molar-refractivity contribution in [3.63, 3.8) is 0 Å². The summed E-state index contributed by atoms with van der Waals surface area (Å²) >= 11 is 0. The number of hydrogen-bond donors (Lipinski definition) is 1. The van der Waals surface area contributed by atoms with Gasteiger partial charge in [0.1, 0.15) is 0 Å². The second-order valence-corrected chi connectivity index (χ2v) is 4.77. The van der Waals surface area contributed by atoms with Gasteiger partial charge < -0.3 is 4.90 Å². The summed E-state index contributed by atoms with van der Waals surface area (Å²) in [6.45, 7) is 2.30. The highest BCUT2D eigenvalue weighted by Crippen LogP contribution is 2.26. The van der Waals surface area contributed by atoms with Crippen LogP contribution in [-0.2, 0) is 0 Å². The van der Waals surface area contributed by atoms with Crippen LogP contribution in [0.15, 0.2) is 0 Å². The second kappa shape index (κ2) is 4.81. The normalized spacial score (nSPS) is 25.0. The summed E-state index contributed by atoms with van der Waals surface area (Å²) in [5.41, 5.74) is 0. The Hall–Kier alpha value is -0.530. The van der Waals surface area contributed by atoms with E-state index in [-0.39, 0.29) is 0 Å². The molecule has 14 heavy (non-hydrogen) atoms. The summed E-state index contributed by atoms with van der Waals surface area (Å²) in [6, 6.07) is 0. The lowest BCUT2D eigenvalue weighted by Gasteiger charge is -2.34. The first-order chi connectivity index (χ1) is 6.88. The fourth-order valence-electron chi connectivity index (χ4n) is 2.77. The number of piperidine rings is 1. The van der Waals surface area contributed by atoms with Crippen molar-refractivity contribution in [3.8, 4) is 0 Å². The number of nitrogens with one attached hydrogen (secondary N) is 1. The Balaban J connectivity index is 1.85. The summed E-state index contributed by atoms with van der Waals surface area (Å²) in [5.74, 6) is 1.56. The van der Waals surface area contributed by atoms with Gasteiger partial charge in [-0.05, 0) is 32.1 Å². The predicted molar refractivity (Wildman–Crippen MR) is 59.7 cm³/mol. The molecule has 2 heteroatoms. The van der Waals surface area contributed by atoms with Crippen LogP contribution in [0.4, 0.5) is 0 Å². The van der Waals surface area contributed by atoms with Gasteiger partial charge in [0.05, 0.1) is 5.84 Å². The van der Waals surface area contributed by atoms with E-state index in [2.05, 4.69) is 4.90 Å². The van der Waals surface area contributed by atoms with E-state index < -0.39 is 0 Å². The Morgan fingerprint density at radius 1 is 0.857 bits per heavy atom. The highest BCUT2D eigenvalue weighted by atomic mass is 15.2. The highest BCUT2D eigenvalue weighted by molar-refractivity contribution is 5.81. The van der Waals surface area contributed by atoms with E-state index in [1.54, 1.807) is 0 Å². The molecule has 2 nitrogen and oxygen atoms in total. The van der Waals surface area contributed by atoms with Gasteiger partial charge in [0, 0.05) is 19.0 Å². The molecule has 1 aliphatic carbocycles. The molecule has 0 aromatic carbocycles. The number of nitrogens with zero attached hydrogens (tertiary/aromatic N) is 1. The fourth-order valence-corrected chi connectivity index (χ4v) is 2.77. The number of amidine groups is 1. The van der Waals surface area contributed by atoms with Gasteiger partial charge in [0.15, 0.2) is 0 Å². The van der Waals surface area contributed by atoms with E-state index in [1.807, 2.05) is 0 Å². The number of rotatable bonds is 1. The molecule has 0 unspecified atom stereocenters. The Bertz CT molecular complexity index is 168. The van der Waals surface area contributed by atoms with Crippen molar-refractivity contribution in [3.05, 3.63) is 0 Å². The van der Waals surface area contributed by atoms with Gasteiger partial charge in [-0.3, -0.25) is 5.41 Å². The van der Waals surface area contributed by atoms with Crippen LogP contribution in [0.2, 0.25) is 0 Å². The van der Waals surface area contributed by atoms with Crippen LogP contribution in [0.25, 0.3) is 0 Å². The molecule has 80 valence electrons. The molecule has 1 saturated carbocycles. The molecule has 2 aliphatic rings. The Morgan fingerprint density at radius 3 is 2.07 bits per heavy atom. The van der Waals surface area contributed by atoms with Gasteiger partial charge in [0.25, 0.3) is 0 Å². The number of likely N-dealkylation sites (tertiary alicyclic amines) is 1. The first kappa shape index (κ1) is 10.0. The summed E-state index contributed by atoms with van der Waals surface area (Å²) in [6.07, 6.45) is 10.6. The quantitative estimate of drug-likeness (QED) is 0.504. The van der Waals surface area contributed by atoms with Crippen molar-refractivity contribution in [2.75, 3.05) is 13.1 Å². The van der Waals surface area contributed by atoms with Gasteiger partial charge in [-0.2, -0.15) is 0 Å². The highest BCUT2D eigenvalue weighted by Gasteiger charge is 2.23. The second-order valence-electron chi connectivity index (χ2n) is 4.77. The molecule has 2 rings (SSSR count). The third kappa shape index (κ3) is 2.28. The lowest BCUT2D eigenvalue weighted by atomic mass is 9.87. The molecule has 0 aromatic heterocycles. The van der Waals surface area contributed by atoms with Crippen molar-refractivity contribution in [2.45, 2.75) is 51.4 Å². The predicted octanol–water partition coefficient (Wildman–Crippen LogP) is 3.03. The smallest absolute Gasteiger partial charge is 0.0989 e. The zero-order chi connectivity index (χ0) is 9.80. The first-order valence-corrected chi connectivity index (χ1v) is 6.21. The van der Waals surface area contributed by atoms with Crippen molar-refractivity contribution in [2.24, 2.45) is 5.92 Å². The van der Waals surface area contributed by atoms with E-state index in [1.165, 1.54) is 51.4 Å². The summed E-state index contributed by atoms with van der Waals surface area (Å²) in [7, 11) is 0. The largest absolute Gasteiger partial charge is 0.360 e. The van der Waals surface area contributed by atoms with Gasteiger partial charge >= 0.3 is 0 Å². The zero-order valence-electron chi connectivity index (χ0n) is 9.10. The topological polar surface area (TPSA) is 27.1 Å². The van der Waals surface area contributed by atoms with Crippen molar-refractivity contribution in [1.29, 1.82) is 5.41 Å². The van der Waals surface area contributed by atoms with E-state index in [4.69, 9.17) is 5.41 Å². The average molecular weight is 194 g/mol. The van der Waals surface area contributed by atoms with E-state index in [9.17, 15) is 0 Å². The zero-order valence-corrected chi connectivity index (χ0v) is 9.10. The molecular formula is C12H22N2. The maximum absolute atomic E-state index is 8.20. The molecule has 0 atom stereocenters. The maximum Gasteiger partial charge on any atom is 0.0989 e. The lowest BCUT2D eigenvalue weighted by Crippen LogP contribution is -2.39. The van der Waals surface area contributed by atoms with E-state index >= 15 is 0 Å². The van der Waals surface area contributed by atoms with Crippen LogP contribution in [0, 0.1) is 11.3 Å². The minimum atomic E-state index is 0.599. The van der Waals surface area contributed by atoms with Crippen molar-refractivity contribution >= 4 is 5.84 Å². The van der Waals surface area contributed by atoms with Crippen LogP contribution >= 0.6 is 0 Å². The van der Waals surface area contributed by atoms with Gasteiger partial charge in [0.2, 0.25) is 0 Å². The minimum absolute atomic E-state index is 0.599. The Morgan fingerprint density at radius 2 is 1.43 bits per heavy atom. The number of hydrogen-bond acceptors (Lipinski definition) is 1. The third-order valence-corrected chi connectivity index (χ3v) is 3.69. The summed E-state index contributed by atoms with van der Waals surface area (Å²) in [4.78, 5) is 2.33. The molecule has 1 N–H and O–H groups in total. The summed E-state index contributed by atoms with van der Waals surface area (Å²) in [5, 5.41) is 8.20. The monoisotopic (exact) mass is 194 g/mol. The van der Waals surface area contributed by atoms with Crippen LogP contribution < -0.4 is 0 Å². The van der Waals surface area contributed by atoms with Crippen molar-refractivity contribution in [1.82, 2.24) is 4.90 Å². The van der Waals surface area contributed by atoms with Gasteiger partial charge in [-0.15, -0.1) is 0 Å². The Kier molecular flexibility index (Phi) is 3.44. The Labute approximate surface area is 87.2 Å². The maximum atomic E-state index is 8.20.